The molecule has 4 nitrogen and oxygen atoms in total. The smallest absolute Gasteiger partial charge is 0.0845 e. The van der Waals surface area contributed by atoms with Crippen LogP contribution in [0.25, 0.3) is 0 Å². The maximum Gasteiger partial charge on any atom is 0.0845 e. The highest BCUT2D eigenvalue weighted by atomic mass is 79.9. The van der Waals surface area contributed by atoms with Gasteiger partial charge >= 0.3 is 0 Å². The monoisotopic (exact) mass is 400 g/mol. The molecular weight excluding hydrogens is 384 g/mol. The summed E-state index contributed by atoms with van der Waals surface area (Å²) in [6.07, 6.45) is 3.90. The molecule has 0 amide bonds. The lowest BCUT2D eigenvalue weighted by Crippen LogP contribution is -2.24. The highest BCUT2D eigenvalue weighted by Gasteiger charge is 2.14. The molecule has 1 N–H and O–H groups in total. The molecule has 0 aliphatic rings. The summed E-state index contributed by atoms with van der Waals surface area (Å²) in [5.74, 6) is 0. The van der Waals surface area contributed by atoms with Crippen molar-refractivity contribution in [3.8, 4) is 0 Å². The molecule has 1 heterocycles. The van der Waals surface area contributed by atoms with Gasteiger partial charge in [-0.05, 0) is 36.7 Å². The first-order chi connectivity index (χ1) is 9.58. The number of nitrogens with zero attached hydrogens (tertiary/aromatic N) is 3. The molecule has 2 rings (SSSR count). The molecule has 0 fully saturated rings. The zero-order valence-corrected chi connectivity index (χ0v) is 14.8. The fourth-order valence-electron chi connectivity index (χ4n) is 2.10. The van der Waals surface area contributed by atoms with E-state index in [1.165, 1.54) is 5.56 Å². The second-order valence-corrected chi connectivity index (χ2v) is 6.63. The Bertz CT molecular complexity index is 548. The van der Waals surface area contributed by atoms with Crippen molar-refractivity contribution in [2.45, 2.75) is 25.8 Å². The Hall–Kier alpha value is -0.720. The van der Waals surface area contributed by atoms with Crippen molar-refractivity contribution < 1.29 is 0 Å². The molecule has 0 saturated heterocycles. The van der Waals surface area contributed by atoms with E-state index < -0.39 is 0 Å². The van der Waals surface area contributed by atoms with Gasteiger partial charge in [-0.15, -0.1) is 5.10 Å². The van der Waals surface area contributed by atoms with E-state index in [9.17, 15) is 0 Å². The first-order valence-electron chi connectivity index (χ1n) is 6.63. The van der Waals surface area contributed by atoms with Crippen molar-refractivity contribution in [1.29, 1.82) is 0 Å². The topological polar surface area (TPSA) is 42.7 Å². The third-order valence-corrected chi connectivity index (χ3v) is 3.91. The lowest BCUT2D eigenvalue weighted by atomic mass is 10.0. The van der Waals surface area contributed by atoms with E-state index in [4.69, 9.17) is 0 Å². The van der Waals surface area contributed by atoms with Crippen LogP contribution < -0.4 is 5.32 Å². The fraction of sp³-hybridized carbons (Fsp3) is 0.429. The van der Waals surface area contributed by atoms with Crippen molar-refractivity contribution in [2.75, 3.05) is 6.54 Å². The van der Waals surface area contributed by atoms with E-state index >= 15 is 0 Å². The molecule has 0 spiro atoms. The van der Waals surface area contributed by atoms with E-state index in [1.54, 1.807) is 4.68 Å². The number of aryl methyl sites for hydroxylation is 1. The van der Waals surface area contributed by atoms with E-state index in [2.05, 4.69) is 66.5 Å². The number of benzene rings is 1. The van der Waals surface area contributed by atoms with Gasteiger partial charge in [-0.3, -0.25) is 4.68 Å². The van der Waals surface area contributed by atoms with Gasteiger partial charge in [0.15, 0.2) is 0 Å². The van der Waals surface area contributed by atoms with Crippen LogP contribution in [0.1, 0.15) is 30.6 Å². The molecule has 6 heteroatoms. The van der Waals surface area contributed by atoms with Crippen LogP contribution in [0.5, 0.6) is 0 Å². The van der Waals surface area contributed by atoms with Crippen molar-refractivity contribution >= 4 is 31.9 Å². The number of aromatic nitrogens is 3. The Balaban J connectivity index is 2.21. The van der Waals surface area contributed by atoms with Crippen LogP contribution in [0.3, 0.4) is 0 Å². The molecule has 0 saturated carbocycles. The van der Waals surface area contributed by atoms with Gasteiger partial charge in [-0.25, -0.2) is 0 Å². The average molecular weight is 402 g/mol. The zero-order valence-electron chi connectivity index (χ0n) is 11.6. The summed E-state index contributed by atoms with van der Waals surface area (Å²) >= 11 is 7.10. The zero-order chi connectivity index (χ0) is 14.5. The Morgan fingerprint density at radius 1 is 1.25 bits per heavy atom. The predicted molar refractivity (Wildman–Crippen MR) is 87.6 cm³/mol. The van der Waals surface area contributed by atoms with Gasteiger partial charge in [0.1, 0.15) is 0 Å². The van der Waals surface area contributed by atoms with Crippen molar-refractivity contribution in [3.63, 3.8) is 0 Å². The molecule has 1 unspecified atom stereocenters. The van der Waals surface area contributed by atoms with E-state index in [0.29, 0.717) is 0 Å². The Kier molecular flexibility index (Phi) is 5.74. The van der Waals surface area contributed by atoms with Crippen LogP contribution in [-0.4, -0.2) is 21.5 Å². The van der Waals surface area contributed by atoms with Gasteiger partial charge in [-0.1, -0.05) is 44.0 Å². The highest BCUT2D eigenvalue weighted by molar-refractivity contribution is 9.11. The standard InChI is InChI=1S/C14H18Br2N4/c1-3-4-17-14(8-13-9-20(2)19-18-13)10-5-11(15)7-12(16)6-10/h5-7,9,14,17H,3-4,8H2,1-2H3. The summed E-state index contributed by atoms with van der Waals surface area (Å²) in [7, 11) is 1.89. The number of rotatable bonds is 6. The third kappa shape index (κ3) is 4.40. The first-order valence-corrected chi connectivity index (χ1v) is 8.21. The van der Waals surface area contributed by atoms with Gasteiger partial charge in [0.2, 0.25) is 0 Å². The van der Waals surface area contributed by atoms with Crippen LogP contribution in [0, 0.1) is 0 Å². The summed E-state index contributed by atoms with van der Waals surface area (Å²) in [4.78, 5) is 0. The largest absolute Gasteiger partial charge is 0.310 e. The number of hydrogen-bond acceptors (Lipinski definition) is 3. The maximum absolute atomic E-state index is 4.18. The van der Waals surface area contributed by atoms with Gasteiger partial charge in [-0.2, -0.15) is 0 Å². The van der Waals surface area contributed by atoms with E-state index in [1.807, 2.05) is 19.3 Å². The lowest BCUT2D eigenvalue weighted by Gasteiger charge is -2.18. The molecule has 108 valence electrons. The predicted octanol–water partition coefficient (Wildman–Crippen LogP) is 3.62. The van der Waals surface area contributed by atoms with Crippen molar-refractivity contribution in [3.05, 3.63) is 44.6 Å². The van der Waals surface area contributed by atoms with Gasteiger partial charge in [0.05, 0.1) is 5.69 Å². The lowest BCUT2D eigenvalue weighted by molar-refractivity contribution is 0.523. The molecular formula is C14H18Br2N4. The summed E-state index contributed by atoms with van der Waals surface area (Å²) in [6.45, 7) is 3.15. The van der Waals surface area contributed by atoms with Gasteiger partial charge < -0.3 is 5.32 Å². The second-order valence-electron chi connectivity index (χ2n) is 4.80. The van der Waals surface area contributed by atoms with Gasteiger partial charge in [0.25, 0.3) is 0 Å². The Labute approximate surface area is 136 Å². The average Bonchev–Trinajstić information content (AvgIpc) is 2.79. The van der Waals surface area contributed by atoms with Crippen LogP contribution in [0.2, 0.25) is 0 Å². The molecule has 0 aliphatic heterocycles. The molecule has 2 aromatic rings. The SMILES string of the molecule is CCCNC(Cc1cn(C)nn1)c1cc(Br)cc(Br)c1. The second kappa shape index (κ2) is 7.33. The quantitative estimate of drug-likeness (QED) is 0.803. The van der Waals surface area contributed by atoms with E-state index in [-0.39, 0.29) is 6.04 Å². The molecule has 1 aromatic heterocycles. The summed E-state index contributed by atoms with van der Waals surface area (Å²) in [6, 6.07) is 6.58. The summed E-state index contributed by atoms with van der Waals surface area (Å²) in [5.41, 5.74) is 2.24. The Morgan fingerprint density at radius 2 is 1.95 bits per heavy atom. The number of nitrogens with one attached hydrogen (secondary N) is 1. The van der Waals surface area contributed by atoms with Crippen LogP contribution in [-0.2, 0) is 13.5 Å². The summed E-state index contributed by atoms with van der Waals surface area (Å²) < 4.78 is 3.89. The normalized spacial score (nSPS) is 12.6. The van der Waals surface area contributed by atoms with Crippen LogP contribution in [0.15, 0.2) is 33.3 Å². The third-order valence-electron chi connectivity index (χ3n) is 2.99. The molecule has 20 heavy (non-hydrogen) atoms. The molecule has 0 radical (unpaired) electrons. The molecule has 1 aromatic carbocycles. The minimum Gasteiger partial charge on any atom is -0.310 e. The van der Waals surface area contributed by atoms with E-state index in [0.717, 1.165) is 34.0 Å². The summed E-state index contributed by atoms with van der Waals surface area (Å²) in [5, 5.41) is 11.8. The molecule has 1 atom stereocenters. The van der Waals surface area contributed by atoms with Crippen molar-refractivity contribution in [1.82, 2.24) is 20.3 Å². The van der Waals surface area contributed by atoms with Crippen molar-refractivity contribution in [2.24, 2.45) is 7.05 Å². The van der Waals surface area contributed by atoms with Gasteiger partial charge in [0, 0.05) is 34.7 Å². The number of hydrogen-bond donors (Lipinski definition) is 1. The minimum absolute atomic E-state index is 0.237. The fourth-order valence-corrected chi connectivity index (χ4v) is 3.43. The number of halogens is 2. The van der Waals surface area contributed by atoms with Crippen LogP contribution >= 0.6 is 31.9 Å². The molecule has 0 bridgehead atoms. The minimum atomic E-state index is 0.237. The maximum atomic E-state index is 4.18. The van der Waals surface area contributed by atoms with Crippen LogP contribution in [0.4, 0.5) is 0 Å². The molecule has 0 aliphatic carbocycles. The first kappa shape index (κ1) is 15.7. The highest BCUT2D eigenvalue weighted by Crippen LogP contribution is 2.26. The Morgan fingerprint density at radius 3 is 2.50 bits per heavy atom.